The quantitative estimate of drug-likeness (QED) is 0.397. The molecule has 8 heteroatoms. The second kappa shape index (κ2) is 9.94. The number of benzene rings is 3. The van der Waals surface area contributed by atoms with Crippen LogP contribution in [-0.4, -0.2) is 27.2 Å². The number of phenols is 1. The highest BCUT2D eigenvalue weighted by Gasteiger charge is 2.23. The van der Waals surface area contributed by atoms with E-state index < -0.39 is 17.6 Å². The number of anilines is 1. The highest BCUT2D eigenvalue weighted by molar-refractivity contribution is 6.30. The summed E-state index contributed by atoms with van der Waals surface area (Å²) < 4.78 is 5.00. The van der Waals surface area contributed by atoms with Gasteiger partial charge in [0.1, 0.15) is 11.3 Å². The SMILES string of the molecule is O=C(O)c1cc(N(Cc2ccc(C#Cc3ccc(Cl)cc3)cc2)C(=O)c2ccno2)ccc1O. The van der Waals surface area contributed by atoms with E-state index in [1.807, 2.05) is 36.4 Å². The van der Waals surface area contributed by atoms with Gasteiger partial charge in [-0.1, -0.05) is 40.7 Å². The molecule has 1 heterocycles. The van der Waals surface area contributed by atoms with Crippen molar-refractivity contribution < 1.29 is 24.3 Å². The number of rotatable bonds is 5. The first-order chi connectivity index (χ1) is 16.4. The Balaban J connectivity index is 1.61. The minimum absolute atomic E-state index is 0.00426. The number of aromatic nitrogens is 1. The number of halogens is 1. The van der Waals surface area contributed by atoms with Gasteiger partial charge < -0.3 is 19.6 Å². The number of hydrogen-bond acceptors (Lipinski definition) is 5. The van der Waals surface area contributed by atoms with Crippen LogP contribution in [0.3, 0.4) is 0 Å². The first-order valence-corrected chi connectivity index (χ1v) is 10.4. The summed E-state index contributed by atoms with van der Waals surface area (Å²) in [5, 5.41) is 23.4. The maximum Gasteiger partial charge on any atom is 0.339 e. The fourth-order valence-corrected chi connectivity index (χ4v) is 3.28. The molecule has 4 aromatic rings. The maximum absolute atomic E-state index is 13.1. The van der Waals surface area contributed by atoms with Crippen LogP contribution in [0.2, 0.25) is 5.02 Å². The number of carbonyl (C=O) groups excluding carboxylic acids is 1. The molecule has 1 amide bonds. The lowest BCUT2D eigenvalue weighted by atomic mass is 10.1. The van der Waals surface area contributed by atoms with E-state index in [1.165, 1.54) is 35.4 Å². The van der Waals surface area contributed by atoms with Crippen LogP contribution in [0.1, 0.15) is 37.6 Å². The molecule has 0 saturated heterocycles. The van der Waals surface area contributed by atoms with E-state index in [1.54, 1.807) is 12.1 Å². The highest BCUT2D eigenvalue weighted by Crippen LogP contribution is 2.27. The summed E-state index contributed by atoms with van der Waals surface area (Å²) in [6.07, 6.45) is 1.35. The molecule has 2 N–H and O–H groups in total. The third-order valence-corrected chi connectivity index (χ3v) is 5.16. The molecule has 0 aliphatic rings. The summed E-state index contributed by atoms with van der Waals surface area (Å²) >= 11 is 5.89. The van der Waals surface area contributed by atoms with Gasteiger partial charge in [-0.15, -0.1) is 0 Å². The fraction of sp³-hybridized carbons (Fsp3) is 0.0385. The minimum atomic E-state index is -1.31. The Morgan fingerprint density at radius 3 is 2.18 bits per heavy atom. The number of carbonyl (C=O) groups is 2. The first kappa shape index (κ1) is 22.6. The van der Waals surface area contributed by atoms with E-state index in [0.29, 0.717) is 5.02 Å². The van der Waals surface area contributed by atoms with Crippen LogP contribution in [-0.2, 0) is 6.54 Å². The van der Waals surface area contributed by atoms with Gasteiger partial charge in [0.15, 0.2) is 0 Å². The Labute approximate surface area is 199 Å². The summed E-state index contributed by atoms with van der Waals surface area (Å²) in [5.74, 6) is 3.92. The molecule has 0 fully saturated rings. The van der Waals surface area contributed by atoms with Crippen LogP contribution < -0.4 is 4.90 Å². The van der Waals surface area contributed by atoms with Gasteiger partial charge in [-0.3, -0.25) is 4.79 Å². The zero-order valence-corrected chi connectivity index (χ0v) is 18.4. The van der Waals surface area contributed by atoms with Gasteiger partial charge in [-0.05, 0) is 60.2 Å². The normalized spacial score (nSPS) is 10.3. The van der Waals surface area contributed by atoms with Crippen molar-refractivity contribution in [2.45, 2.75) is 6.54 Å². The highest BCUT2D eigenvalue weighted by atomic mass is 35.5. The van der Waals surface area contributed by atoms with Crippen molar-refractivity contribution in [3.8, 4) is 17.6 Å². The van der Waals surface area contributed by atoms with Crippen molar-refractivity contribution in [3.05, 3.63) is 112 Å². The third-order valence-electron chi connectivity index (χ3n) is 4.91. The van der Waals surface area contributed by atoms with E-state index in [2.05, 4.69) is 17.0 Å². The average Bonchev–Trinajstić information content (AvgIpc) is 3.38. The van der Waals surface area contributed by atoms with E-state index in [9.17, 15) is 19.8 Å². The predicted octanol–water partition coefficient (Wildman–Crippen LogP) is 4.98. The van der Waals surface area contributed by atoms with E-state index >= 15 is 0 Å². The second-order valence-electron chi connectivity index (χ2n) is 7.23. The zero-order chi connectivity index (χ0) is 24.1. The summed E-state index contributed by atoms with van der Waals surface area (Å²) in [5.41, 5.74) is 2.35. The smallest absolute Gasteiger partial charge is 0.339 e. The molecule has 4 rings (SSSR count). The van der Waals surface area contributed by atoms with Crippen LogP contribution in [0.4, 0.5) is 5.69 Å². The van der Waals surface area contributed by atoms with Crippen LogP contribution in [0.5, 0.6) is 5.75 Å². The molecule has 0 bridgehead atoms. The molecule has 0 atom stereocenters. The monoisotopic (exact) mass is 472 g/mol. The largest absolute Gasteiger partial charge is 0.507 e. The molecule has 168 valence electrons. The van der Waals surface area contributed by atoms with Crippen molar-refractivity contribution in [2.75, 3.05) is 4.90 Å². The number of amides is 1. The van der Waals surface area contributed by atoms with Gasteiger partial charge in [0.25, 0.3) is 5.91 Å². The molecule has 0 aliphatic carbocycles. The molecule has 0 aliphatic heterocycles. The van der Waals surface area contributed by atoms with E-state index in [-0.39, 0.29) is 23.6 Å². The van der Waals surface area contributed by atoms with Crippen molar-refractivity contribution in [1.29, 1.82) is 0 Å². The van der Waals surface area contributed by atoms with Crippen LogP contribution in [0, 0.1) is 11.8 Å². The van der Waals surface area contributed by atoms with Gasteiger partial charge >= 0.3 is 5.97 Å². The molecule has 3 aromatic carbocycles. The van der Waals surface area contributed by atoms with Crippen LogP contribution in [0.15, 0.2) is 83.5 Å². The number of carboxylic acids is 1. The lowest BCUT2D eigenvalue weighted by molar-refractivity contribution is 0.0693. The van der Waals surface area contributed by atoms with Crippen LogP contribution >= 0.6 is 11.6 Å². The number of aromatic hydroxyl groups is 1. The first-order valence-electron chi connectivity index (χ1n) is 10.1. The molecular formula is C26H17ClN2O5. The van der Waals surface area contributed by atoms with Gasteiger partial charge in [0.2, 0.25) is 5.76 Å². The standard InChI is InChI=1S/C26H17ClN2O5/c27-20-9-7-18(8-10-20)2-1-17-3-5-19(6-4-17)16-29(25(31)24-13-14-28-34-24)21-11-12-23(30)22(15-21)26(32)33/h3-15,30H,16H2,(H,32,33). The Morgan fingerprint density at radius 1 is 0.941 bits per heavy atom. The Kier molecular flexibility index (Phi) is 6.62. The van der Waals surface area contributed by atoms with Gasteiger partial charge in [0, 0.05) is 27.9 Å². The molecule has 0 saturated carbocycles. The fourth-order valence-electron chi connectivity index (χ4n) is 3.16. The van der Waals surface area contributed by atoms with Crippen molar-refractivity contribution in [2.24, 2.45) is 0 Å². The lowest BCUT2D eigenvalue weighted by Gasteiger charge is -2.22. The number of aromatic carboxylic acids is 1. The van der Waals surface area contributed by atoms with E-state index in [4.69, 9.17) is 16.1 Å². The summed E-state index contributed by atoms with van der Waals surface area (Å²) in [6, 6.07) is 19.9. The molecule has 0 radical (unpaired) electrons. The zero-order valence-electron chi connectivity index (χ0n) is 17.6. The van der Waals surface area contributed by atoms with Gasteiger partial charge in [-0.2, -0.15) is 0 Å². The van der Waals surface area contributed by atoms with Gasteiger partial charge in [0.05, 0.1) is 12.7 Å². The third kappa shape index (κ3) is 5.26. The number of nitrogens with zero attached hydrogens (tertiary/aromatic N) is 2. The van der Waals surface area contributed by atoms with Gasteiger partial charge in [-0.25, -0.2) is 4.79 Å². The average molecular weight is 473 g/mol. The molecule has 1 aromatic heterocycles. The number of hydrogen-bond donors (Lipinski definition) is 2. The summed E-state index contributed by atoms with van der Waals surface area (Å²) in [4.78, 5) is 25.9. The molecular weight excluding hydrogens is 456 g/mol. The molecule has 7 nitrogen and oxygen atoms in total. The van der Waals surface area contributed by atoms with Crippen molar-refractivity contribution in [3.63, 3.8) is 0 Å². The van der Waals surface area contributed by atoms with Crippen molar-refractivity contribution in [1.82, 2.24) is 5.16 Å². The lowest BCUT2D eigenvalue weighted by Crippen LogP contribution is -2.30. The number of carboxylic acid groups (broad SMARTS) is 1. The summed E-state index contributed by atoms with van der Waals surface area (Å²) in [7, 11) is 0. The predicted molar refractivity (Wildman–Crippen MR) is 126 cm³/mol. The summed E-state index contributed by atoms with van der Waals surface area (Å²) in [6.45, 7) is 0.119. The Bertz CT molecular complexity index is 1390. The van der Waals surface area contributed by atoms with Crippen molar-refractivity contribution >= 4 is 29.2 Å². The van der Waals surface area contributed by atoms with E-state index in [0.717, 1.165) is 16.7 Å². The Hall–Kier alpha value is -4.54. The maximum atomic E-state index is 13.1. The second-order valence-corrected chi connectivity index (χ2v) is 7.66. The molecule has 34 heavy (non-hydrogen) atoms. The molecule has 0 unspecified atom stereocenters. The Morgan fingerprint density at radius 2 is 1.59 bits per heavy atom. The molecule has 0 spiro atoms. The van der Waals surface area contributed by atoms with Crippen LogP contribution in [0.25, 0.3) is 0 Å². The topological polar surface area (TPSA) is 104 Å². The minimum Gasteiger partial charge on any atom is -0.507 e.